The first-order chi connectivity index (χ1) is 9.29. The third kappa shape index (κ3) is 4.33. The summed E-state index contributed by atoms with van der Waals surface area (Å²) in [7, 11) is 0. The van der Waals surface area contributed by atoms with Crippen LogP contribution in [-0.2, 0) is 11.3 Å². The van der Waals surface area contributed by atoms with Crippen LogP contribution in [0, 0.1) is 5.92 Å². The Kier molecular flexibility index (Phi) is 5.35. The van der Waals surface area contributed by atoms with E-state index in [0.717, 1.165) is 32.5 Å². The molecule has 1 saturated heterocycles. The maximum Gasteiger partial charge on any atom is 0.270 e. The Morgan fingerprint density at radius 2 is 2.26 bits per heavy atom. The first-order valence-corrected chi connectivity index (χ1v) is 6.77. The summed E-state index contributed by atoms with van der Waals surface area (Å²) >= 11 is 0. The number of hydrogen-bond acceptors (Lipinski definition) is 5. The topological polar surface area (TPSA) is 79.4 Å². The molecule has 1 aliphatic heterocycles. The summed E-state index contributed by atoms with van der Waals surface area (Å²) in [5.41, 5.74) is 5.26. The van der Waals surface area contributed by atoms with Crippen LogP contribution in [-0.4, -0.2) is 36.1 Å². The fraction of sp³-hybridized carbons (Fsp3) is 0.692. The van der Waals surface area contributed by atoms with Crippen LogP contribution in [0.2, 0.25) is 0 Å². The molecule has 0 aliphatic carbocycles. The molecule has 0 spiro atoms. The maximum atomic E-state index is 11.9. The molecule has 1 aromatic rings. The summed E-state index contributed by atoms with van der Waals surface area (Å²) in [4.78, 5) is 11.9. The molecule has 0 bridgehead atoms. The van der Waals surface area contributed by atoms with Crippen molar-refractivity contribution in [2.75, 3.05) is 26.4 Å². The van der Waals surface area contributed by atoms with Gasteiger partial charge in [-0.05, 0) is 31.7 Å². The van der Waals surface area contributed by atoms with Crippen LogP contribution in [0.15, 0.2) is 17.1 Å². The van der Waals surface area contributed by atoms with Crippen LogP contribution in [0.3, 0.4) is 0 Å². The summed E-state index contributed by atoms with van der Waals surface area (Å²) in [6.07, 6.45) is 4.34. The van der Waals surface area contributed by atoms with Crippen molar-refractivity contribution in [3.8, 4) is 5.75 Å². The molecule has 0 saturated carbocycles. The molecule has 6 heteroatoms. The minimum absolute atomic E-state index is 0.114. The van der Waals surface area contributed by atoms with Crippen LogP contribution in [0.25, 0.3) is 0 Å². The van der Waals surface area contributed by atoms with Crippen molar-refractivity contribution >= 4 is 0 Å². The first kappa shape index (κ1) is 14.0. The molecule has 0 unspecified atom stereocenters. The predicted molar refractivity (Wildman–Crippen MR) is 71.2 cm³/mol. The van der Waals surface area contributed by atoms with Crippen molar-refractivity contribution in [3.63, 3.8) is 0 Å². The number of ether oxygens (including phenoxy) is 2. The van der Waals surface area contributed by atoms with Gasteiger partial charge >= 0.3 is 0 Å². The zero-order valence-electron chi connectivity index (χ0n) is 11.1. The average Bonchev–Trinajstić information content (AvgIpc) is 2.43. The number of nitrogens with two attached hydrogens (primary N) is 1. The summed E-state index contributed by atoms with van der Waals surface area (Å²) in [6, 6.07) is 1.49. The Morgan fingerprint density at radius 1 is 1.47 bits per heavy atom. The smallest absolute Gasteiger partial charge is 0.270 e. The van der Waals surface area contributed by atoms with Gasteiger partial charge in [-0.3, -0.25) is 4.79 Å². The Morgan fingerprint density at radius 3 is 2.95 bits per heavy atom. The highest BCUT2D eigenvalue weighted by molar-refractivity contribution is 5.13. The Hall–Kier alpha value is -1.40. The van der Waals surface area contributed by atoms with E-state index in [2.05, 4.69) is 5.10 Å². The van der Waals surface area contributed by atoms with Crippen molar-refractivity contribution in [2.45, 2.75) is 25.8 Å². The fourth-order valence-electron chi connectivity index (χ4n) is 2.08. The molecule has 0 atom stereocenters. The summed E-state index contributed by atoms with van der Waals surface area (Å²) in [5.74, 6) is 0.990. The Labute approximate surface area is 112 Å². The number of nitrogens with zero attached hydrogens (tertiary/aromatic N) is 2. The lowest BCUT2D eigenvalue weighted by molar-refractivity contribution is 0.0596. The van der Waals surface area contributed by atoms with Crippen molar-refractivity contribution in [1.82, 2.24) is 9.78 Å². The maximum absolute atomic E-state index is 11.9. The van der Waals surface area contributed by atoms with Gasteiger partial charge in [-0.15, -0.1) is 0 Å². The fourth-order valence-corrected chi connectivity index (χ4v) is 2.08. The Balaban J connectivity index is 1.92. The Bertz CT molecular complexity index is 441. The monoisotopic (exact) mass is 267 g/mol. The van der Waals surface area contributed by atoms with Crippen LogP contribution >= 0.6 is 0 Å². The molecule has 1 aromatic heterocycles. The number of aromatic nitrogens is 2. The van der Waals surface area contributed by atoms with Gasteiger partial charge in [0, 0.05) is 25.8 Å². The second-order valence-electron chi connectivity index (χ2n) is 4.76. The van der Waals surface area contributed by atoms with Crippen molar-refractivity contribution in [3.05, 3.63) is 22.6 Å². The largest absolute Gasteiger partial charge is 0.492 e. The molecule has 1 fully saturated rings. The minimum atomic E-state index is -0.114. The molecule has 2 N–H and O–H groups in total. The van der Waals surface area contributed by atoms with Gasteiger partial charge < -0.3 is 15.2 Å². The van der Waals surface area contributed by atoms with E-state index in [1.54, 1.807) is 6.20 Å². The van der Waals surface area contributed by atoms with Crippen LogP contribution in [0.5, 0.6) is 5.75 Å². The van der Waals surface area contributed by atoms with E-state index >= 15 is 0 Å². The number of hydrogen-bond donors (Lipinski definition) is 1. The van der Waals surface area contributed by atoms with Crippen LogP contribution in [0.4, 0.5) is 0 Å². The third-order valence-corrected chi connectivity index (χ3v) is 3.23. The van der Waals surface area contributed by atoms with E-state index < -0.39 is 0 Å². The quantitative estimate of drug-likeness (QED) is 0.755. The molecule has 2 rings (SSSR count). The molecular weight excluding hydrogens is 246 g/mol. The lowest BCUT2D eigenvalue weighted by Gasteiger charge is -2.22. The molecule has 0 amide bonds. The van der Waals surface area contributed by atoms with Gasteiger partial charge in [0.15, 0.2) is 0 Å². The lowest BCUT2D eigenvalue weighted by atomic mass is 10.0. The zero-order valence-corrected chi connectivity index (χ0v) is 11.1. The van der Waals surface area contributed by atoms with Gasteiger partial charge in [-0.1, -0.05) is 0 Å². The highest BCUT2D eigenvalue weighted by Gasteiger charge is 2.15. The summed E-state index contributed by atoms with van der Waals surface area (Å²) in [6.45, 7) is 3.31. The first-order valence-electron chi connectivity index (χ1n) is 6.77. The molecule has 19 heavy (non-hydrogen) atoms. The molecule has 2 heterocycles. The normalized spacial score (nSPS) is 16.5. The highest BCUT2D eigenvalue weighted by Crippen LogP contribution is 2.15. The van der Waals surface area contributed by atoms with E-state index in [4.69, 9.17) is 15.2 Å². The molecule has 0 radical (unpaired) electrons. The van der Waals surface area contributed by atoms with Crippen molar-refractivity contribution < 1.29 is 9.47 Å². The molecule has 1 aliphatic rings. The SMILES string of the molecule is NCCCOc1cnn(CC2CCOCC2)c(=O)c1. The molecule has 6 nitrogen and oxygen atoms in total. The van der Waals surface area contributed by atoms with Crippen molar-refractivity contribution in [2.24, 2.45) is 11.7 Å². The summed E-state index contributed by atoms with van der Waals surface area (Å²) in [5, 5.41) is 4.16. The zero-order chi connectivity index (χ0) is 13.5. The van der Waals surface area contributed by atoms with Gasteiger partial charge in [0.05, 0.1) is 12.8 Å². The summed E-state index contributed by atoms with van der Waals surface area (Å²) < 4.78 is 12.2. The highest BCUT2D eigenvalue weighted by atomic mass is 16.5. The van der Waals surface area contributed by atoms with E-state index in [1.165, 1.54) is 10.7 Å². The minimum Gasteiger partial charge on any atom is -0.492 e. The molecule has 106 valence electrons. The van der Waals surface area contributed by atoms with Crippen LogP contribution < -0.4 is 16.0 Å². The average molecular weight is 267 g/mol. The van der Waals surface area contributed by atoms with E-state index in [0.29, 0.717) is 31.4 Å². The second kappa shape index (κ2) is 7.25. The second-order valence-corrected chi connectivity index (χ2v) is 4.76. The van der Waals surface area contributed by atoms with Gasteiger partial charge in [0.25, 0.3) is 5.56 Å². The third-order valence-electron chi connectivity index (χ3n) is 3.23. The molecule has 0 aromatic carbocycles. The van der Waals surface area contributed by atoms with Gasteiger partial charge in [0.2, 0.25) is 0 Å². The van der Waals surface area contributed by atoms with Gasteiger partial charge in [-0.2, -0.15) is 5.10 Å². The van der Waals surface area contributed by atoms with Crippen LogP contribution in [0.1, 0.15) is 19.3 Å². The van der Waals surface area contributed by atoms with E-state index in [-0.39, 0.29) is 5.56 Å². The van der Waals surface area contributed by atoms with E-state index in [1.807, 2.05) is 0 Å². The van der Waals surface area contributed by atoms with E-state index in [9.17, 15) is 4.79 Å². The predicted octanol–water partition coefficient (Wildman–Crippen LogP) is 0.397. The molecular formula is C13H21N3O3. The van der Waals surface area contributed by atoms with Gasteiger partial charge in [-0.25, -0.2) is 4.68 Å². The lowest BCUT2D eigenvalue weighted by Crippen LogP contribution is -2.28. The van der Waals surface area contributed by atoms with Gasteiger partial charge in [0.1, 0.15) is 5.75 Å². The standard InChI is InChI=1S/C13H21N3O3/c14-4-1-5-19-12-8-13(17)16(15-9-12)10-11-2-6-18-7-3-11/h8-9,11H,1-7,10,14H2. The number of rotatable bonds is 6. The van der Waals surface area contributed by atoms with Crippen molar-refractivity contribution in [1.29, 1.82) is 0 Å².